The van der Waals surface area contributed by atoms with Crippen molar-refractivity contribution in [3.63, 3.8) is 0 Å². The van der Waals surface area contributed by atoms with Gasteiger partial charge < -0.3 is 14.7 Å². The van der Waals surface area contributed by atoms with E-state index in [1.54, 1.807) is 13.8 Å². The Labute approximate surface area is 96.8 Å². The molecule has 0 aliphatic carbocycles. The lowest BCUT2D eigenvalue weighted by Crippen LogP contribution is -2.44. The quantitative estimate of drug-likeness (QED) is 0.744. The summed E-state index contributed by atoms with van der Waals surface area (Å²) in [6, 6.07) is 0. The number of carbonyl (C=O) groups is 2. The molecular formula is C11H19NO4. The molecule has 0 aromatic heterocycles. The van der Waals surface area contributed by atoms with Crippen LogP contribution in [-0.4, -0.2) is 40.8 Å². The highest BCUT2D eigenvalue weighted by Gasteiger charge is 2.30. The molecule has 0 aromatic carbocycles. The van der Waals surface area contributed by atoms with Crippen molar-refractivity contribution in [2.45, 2.75) is 39.2 Å². The molecule has 5 heteroatoms. The summed E-state index contributed by atoms with van der Waals surface area (Å²) in [6.45, 7) is 4.03. The van der Waals surface area contributed by atoms with Crippen molar-refractivity contribution in [2.24, 2.45) is 5.92 Å². The van der Waals surface area contributed by atoms with Gasteiger partial charge in [0.15, 0.2) is 0 Å². The molecule has 1 saturated heterocycles. The minimum atomic E-state index is -0.873. The van der Waals surface area contributed by atoms with Crippen LogP contribution in [0.4, 0.5) is 4.79 Å². The van der Waals surface area contributed by atoms with Crippen molar-refractivity contribution in [1.82, 2.24) is 4.90 Å². The molecule has 1 aliphatic heterocycles. The number of carboxylic acids is 1. The van der Waals surface area contributed by atoms with Crippen molar-refractivity contribution in [2.75, 3.05) is 13.1 Å². The van der Waals surface area contributed by atoms with E-state index >= 15 is 0 Å². The molecule has 1 unspecified atom stereocenters. The maximum atomic E-state index is 11.8. The number of nitrogens with zero attached hydrogens (tertiary/aromatic N) is 1. The van der Waals surface area contributed by atoms with Gasteiger partial charge in [0.05, 0.1) is 5.92 Å². The SMILES string of the molecule is [2H]CC(C)(C)OC(=O)N1CCCC(C(=O)O)C1. The van der Waals surface area contributed by atoms with Gasteiger partial charge in [0.25, 0.3) is 0 Å². The van der Waals surface area contributed by atoms with Crippen LogP contribution in [0.1, 0.15) is 35.0 Å². The average molecular weight is 230 g/mol. The summed E-state index contributed by atoms with van der Waals surface area (Å²) in [6.07, 6.45) is 0.752. The van der Waals surface area contributed by atoms with Gasteiger partial charge in [-0.1, -0.05) is 0 Å². The van der Waals surface area contributed by atoms with Crippen molar-refractivity contribution in [3.05, 3.63) is 0 Å². The molecule has 0 aromatic rings. The van der Waals surface area contributed by atoms with Crippen molar-refractivity contribution in [3.8, 4) is 0 Å². The number of amides is 1. The number of aliphatic carboxylic acids is 1. The third-order valence-corrected chi connectivity index (χ3v) is 2.39. The Bertz CT molecular complexity index is 306. The number of ether oxygens (including phenoxy) is 1. The van der Waals surface area contributed by atoms with E-state index in [1.165, 1.54) is 4.90 Å². The fourth-order valence-electron chi connectivity index (χ4n) is 1.65. The molecule has 1 atom stereocenters. The highest BCUT2D eigenvalue weighted by molar-refractivity contribution is 5.73. The van der Waals surface area contributed by atoms with E-state index in [-0.39, 0.29) is 13.4 Å². The molecule has 0 bridgehead atoms. The molecule has 0 spiro atoms. The fraction of sp³-hybridized carbons (Fsp3) is 0.818. The maximum absolute atomic E-state index is 11.8. The zero-order valence-electron chi connectivity index (χ0n) is 10.7. The van der Waals surface area contributed by atoms with Crippen LogP contribution in [0.3, 0.4) is 0 Å². The van der Waals surface area contributed by atoms with Crippen molar-refractivity contribution < 1.29 is 20.8 Å². The largest absolute Gasteiger partial charge is 0.481 e. The highest BCUT2D eigenvalue weighted by Crippen LogP contribution is 2.19. The van der Waals surface area contributed by atoms with Gasteiger partial charge in [-0.25, -0.2) is 4.79 Å². The van der Waals surface area contributed by atoms with Crippen LogP contribution < -0.4 is 0 Å². The minimum Gasteiger partial charge on any atom is -0.481 e. The number of carbonyl (C=O) groups excluding carboxylic acids is 1. The Morgan fingerprint density at radius 3 is 2.81 bits per heavy atom. The fourth-order valence-corrected chi connectivity index (χ4v) is 1.65. The van der Waals surface area contributed by atoms with Gasteiger partial charge in [0.2, 0.25) is 0 Å². The normalized spacial score (nSPS) is 22.5. The Balaban J connectivity index is 2.55. The summed E-state index contributed by atoms with van der Waals surface area (Å²) in [5, 5.41) is 8.91. The molecule has 92 valence electrons. The lowest BCUT2D eigenvalue weighted by atomic mass is 9.99. The lowest BCUT2D eigenvalue weighted by molar-refractivity contribution is -0.143. The van der Waals surface area contributed by atoms with Crippen molar-refractivity contribution in [1.29, 1.82) is 0 Å². The lowest BCUT2D eigenvalue weighted by Gasteiger charge is -2.32. The Morgan fingerprint density at radius 2 is 2.25 bits per heavy atom. The van der Waals surface area contributed by atoms with Crippen LogP contribution in [0.15, 0.2) is 0 Å². The van der Waals surface area contributed by atoms with Crippen LogP contribution in [0.5, 0.6) is 0 Å². The van der Waals surface area contributed by atoms with Gasteiger partial charge in [-0.05, 0) is 33.6 Å². The third-order valence-electron chi connectivity index (χ3n) is 2.39. The van der Waals surface area contributed by atoms with E-state index in [2.05, 4.69) is 0 Å². The van der Waals surface area contributed by atoms with E-state index in [4.69, 9.17) is 11.2 Å². The zero-order chi connectivity index (χ0) is 13.1. The number of likely N-dealkylation sites (tertiary alicyclic amines) is 1. The molecule has 1 fully saturated rings. The van der Waals surface area contributed by atoms with Gasteiger partial charge in [-0.2, -0.15) is 0 Å². The number of hydrogen-bond acceptors (Lipinski definition) is 3. The van der Waals surface area contributed by atoms with Gasteiger partial charge in [-0.3, -0.25) is 4.79 Å². The minimum absolute atomic E-state index is 0.0189. The van der Waals surface area contributed by atoms with E-state index in [9.17, 15) is 9.59 Å². The molecule has 1 aliphatic rings. The average Bonchev–Trinajstić information content (AvgIpc) is 2.28. The van der Waals surface area contributed by atoms with Crippen LogP contribution in [0, 0.1) is 5.92 Å². The molecule has 1 rings (SSSR count). The van der Waals surface area contributed by atoms with Gasteiger partial charge in [-0.15, -0.1) is 0 Å². The van der Waals surface area contributed by atoms with Crippen LogP contribution in [0.25, 0.3) is 0 Å². The second kappa shape index (κ2) is 4.72. The smallest absolute Gasteiger partial charge is 0.410 e. The third kappa shape index (κ3) is 3.72. The van der Waals surface area contributed by atoms with Gasteiger partial charge in [0, 0.05) is 14.5 Å². The summed E-state index contributed by atoms with van der Waals surface area (Å²) >= 11 is 0. The maximum Gasteiger partial charge on any atom is 0.410 e. The summed E-state index contributed by atoms with van der Waals surface area (Å²) < 4.78 is 12.4. The predicted molar refractivity (Wildman–Crippen MR) is 58.2 cm³/mol. The first kappa shape index (κ1) is 11.2. The topological polar surface area (TPSA) is 66.8 Å². The second-order valence-electron chi connectivity index (χ2n) is 4.75. The summed E-state index contributed by atoms with van der Waals surface area (Å²) in [4.78, 5) is 24.0. The van der Waals surface area contributed by atoms with Crippen LogP contribution in [0.2, 0.25) is 0 Å². The molecule has 1 N–H and O–H groups in total. The first-order valence-electron chi connectivity index (χ1n) is 6.06. The summed E-state index contributed by atoms with van der Waals surface area (Å²) in [5.41, 5.74) is -0.826. The molecule has 5 nitrogen and oxygen atoms in total. The number of piperidine rings is 1. The summed E-state index contributed by atoms with van der Waals surface area (Å²) in [7, 11) is 0. The number of carboxylic acid groups (broad SMARTS) is 1. The zero-order valence-corrected chi connectivity index (χ0v) is 9.73. The molecular weight excluding hydrogens is 210 g/mol. The first-order chi connectivity index (χ1) is 7.85. The molecule has 1 amide bonds. The predicted octanol–water partition coefficient (Wildman–Crippen LogP) is 1.72. The molecule has 0 saturated carbocycles. The number of rotatable bonds is 1. The summed E-state index contributed by atoms with van der Waals surface area (Å²) in [5.74, 6) is -1.38. The first-order valence-corrected chi connectivity index (χ1v) is 5.35. The Morgan fingerprint density at radius 1 is 1.56 bits per heavy atom. The van der Waals surface area contributed by atoms with Crippen LogP contribution >= 0.6 is 0 Å². The van der Waals surface area contributed by atoms with E-state index < -0.39 is 23.6 Å². The van der Waals surface area contributed by atoms with E-state index in [1.807, 2.05) is 0 Å². The van der Waals surface area contributed by atoms with Crippen LogP contribution in [-0.2, 0) is 9.53 Å². The van der Waals surface area contributed by atoms with Gasteiger partial charge >= 0.3 is 12.1 Å². The van der Waals surface area contributed by atoms with E-state index in [0.29, 0.717) is 19.4 Å². The second-order valence-corrected chi connectivity index (χ2v) is 4.75. The van der Waals surface area contributed by atoms with E-state index in [0.717, 1.165) is 0 Å². The molecule has 16 heavy (non-hydrogen) atoms. The standard InChI is InChI=1S/C11H19NO4/c1-11(2,3)16-10(15)12-6-4-5-8(7-12)9(13)14/h8H,4-7H2,1-3H3,(H,13,14)/i1D. The molecule has 0 radical (unpaired) electrons. The van der Waals surface area contributed by atoms with Crippen molar-refractivity contribution >= 4 is 12.1 Å². The monoisotopic (exact) mass is 230 g/mol. The Kier molecular flexibility index (Phi) is 3.31. The van der Waals surface area contributed by atoms with Gasteiger partial charge in [0.1, 0.15) is 5.60 Å². The molecule has 1 heterocycles. The highest BCUT2D eigenvalue weighted by atomic mass is 16.6. The number of hydrogen-bond donors (Lipinski definition) is 1. The Hall–Kier alpha value is -1.26.